The Morgan fingerprint density at radius 3 is 2.50 bits per heavy atom. The van der Waals surface area contributed by atoms with Gasteiger partial charge in [-0.15, -0.1) is 0 Å². The number of aliphatic hydroxyl groups excluding tert-OH is 2. The number of carboxylic acids is 1. The summed E-state index contributed by atoms with van der Waals surface area (Å²) >= 11 is 0. The standard InChI is InChI=1S/C24H40O4/c1-14(4-9-22(27)28)18-7-8-19-17-6-5-15-12-16(25)10-11-23(15,2)20(17)13-21(26)24(18,19)3/h14-21,25-26H,4-13H2,1-3H3,(H,27,28)/t14-,15?,16?,17?,18-,19?,20?,21?,23+,24-/m1/s1. The van der Waals surface area contributed by atoms with Crippen LogP contribution in [0.1, 0.15) is 85.0 Å². The third-order valence-electron chi connectivity index (χ3n) is 10.3. The van der Waals surface area contributed by atoms with Gasteiger partial charge in [0.2, 0.25) is 0 Å². The minimum absolute atomic E-state index is 0.0591. The molecule has 0 aromatic rings. The predicted molar refractivity (Wildman–Crippen MR) is 109 cm³/mol. The quantitative estimate of drug-likeness (QED) is 0.659. The summed E-state index contributed by atoms with van der Waals surface area (Å²) in [4.78, 5) is 11.1. The van der Waals surface area contributed by atoms with Crippen LogP contribution in [-0.2, 0) is 4.79 Å². The molecule has 0 aromatic carbocycles. The monoisotopic (exact) mass is 392 g/mol. The summed E-state index contributed by atoms with van der Waals surface area (Å²) < 4.78 is 0. The fourth-order valence-corrected chi connectivity index (χ4v) is 8.71. The summed E-state index contributed by atoms with van der Waals surface area (Å²) in [6.07, 6.45) is 9.26. The van der Waals surface area contributed by atoms with E-state index in [2.05, 4.69) is 20.8 Å². The van der Waals surface area contributed by atoms with Crippen LogP contribution in [0, 0.1) is 46.3 Å². The van der Waals surface area contributed by atoms with Crippen molar-refractivity contribution in [1.82, 2.24) is 0 Å². The Hall–Kier alpha value is -0.610. The maximum Gasteiger partial charge on any atom is 0.303 e. The minimum atomic E-state index is -0.707. The highest BCUT2D eigenvalue weighted by Crippen LogP contribution is 2.68. The SMILES string of the molecule is C[C@H](CCC(=O)O)[C@H]1CCC2C3CCC4CC(O)CC[C@]4(C)C3CC(O)[C@@]21C. The lowest BCUT2D eigenvalue weighted by Gasteiger charge is -2.62. The van der Waals surface area contributed by atoms with Gasteiger partial charge in [-0.3, -0.25) is 4.79 Å². The van der Waals surface area contributed by atoms with Gasteiger partial charge in [-0.1, -0.05) is 20.8 Å². The molecule has 4 saturated carbocycles. The molecule has 0 aromatic heterocycles. The Labute approximate surface area is 170 Å². The van der Waals surface area contributed by atoms with E-state index in [9.17, 15) is 15.0 Å². The Kier molecular flexibility index (Phi) is 5.36. The van der Waals surface area contributed by atoms with Crippen LogP contribution in [0.25, 0.3) is 0 Å². The van der Waals surface area contributed by atoms with Crippen molar-refractivity contribution in [3.8, 4) is 0 Å². The summed E-state index contributed by atoms with van der Waals surface area (Å²) in [5, 5.41) is 30.8. The van der Waals surface area contributed by atoms with Crippen molar-refractivity contribution >= 4 is 5.97 Å². The van der Waals surface area contributed by atoms with E-state index >= 15 is 0 Å². The van der Waals surface area contributed by atoms with Gasteiger partial charge in [-0.2, -0.15) is 0 Å². The second-order valence-electron chi connectivity index (χ2n) is 11.3. The smallest absolute Gasteiger partial charge is 0.303 e. The highest BCUT2D eigenvalue weighted by molar-refractivity contribution is 5.66. The first-order valence-corrected chi connectivity index (χ1v) is 11.8. The summed E-state index contributed by atoms with van der Waals surface area (Å²) in [5.74, 6) is 2.55. The molecule has 28 heavy (non-hydrogen) atoms. The van der Waals surface area contributed by atoms with Crippen molar-refractivity contribution in [2.45, 2.75) is 97.2 Å². The van der Waals surface area contributed by atoms with Crippen LogP contribution in [0.5, 0.6) is 0 Å². The average molecular weight is 393 g/mol. The second kappa shape index (κ2) is 7.27. The molecule has 0 amide bonds. The maximum absolute atomic E-state index is 11.5. The first-order valence-electron chi connectivity index (χ1n) is 11.8. The topological polar surface area (TPSA) is 77.8 Å². The zero-order chi connectivity index (χ0) is 20.3. The van der Waals surface area contributed by atoms with Crippen LogP contribution in [0.2, 0.25) is 0 Å². The molecular weight excluding hydrogens is 352 g/mol. The van der Waals surface area contributed by atoms with Gasteiger partial charge >= 0.3 is 5.97 Å². The molecular formula is C24H40O4. The molecule has 160 valence electrons. The van der Waals surface area contributed by atoms with E-state index < -0.39 is 5.97 Å². The number of carboxylic acid groups (broad SMARTS) is 1. The van der Waals surface area contributed by atoms with E-state index in [0.717, 1.165) is 38.5 Å². The number of carbonyl (C=O) groups is 1. The fourth-order valence-electron chi connectivity index (χ4n) is 8.71. The zero-order valence-corrected chi connectivity index (χ0v) is 17.9. The Bertz CT molecular complexity index is 605. The second-order valence-corrected chi connectivity index (χ2v) is 11.3. The van der Waals surface area contributed by atoms with Gasteiger partial charge in [-0.05, 0) is 104 Å². The van der Waals surface area contributed by atoms with E-state index in [1.54, 1.807) is 0 Å². The molecule has 10 atom stereocenters. The zero-order valence-electron chi connectivity index (χ0n) is 17.9. The van der Waals surface area contributed by atoms with Crippen LogP contribution in [-0.4, -0.2) is 33.5 Å². The number of aliphatic hydroxyl groups is 2. The maximum atomic E-state index is 11.5. The number of hydrogen-bond donors (Lipinski definition) is 3. The van der Waals surface area contributed by atoms with E-state index in [-0.39, 0.29) is 29.5 Å². The van der Waals surface area contributed by atoms with Crippen molar-refractivity contribution in [3.05, 3.63) is 0 Å². The molecule has 4 fully saturated rings. The largest absolute Gasteiger partial charge is 0.481 e. The molecule has 3 N–H and O–H groups in total. The average Bonchev–Trinajstić information content (AvgIpc) is 3.00. The number of hydrogen-bond acceptors (Lipinski definition) is 3. The third-order valence-corrected chi connectivity index (χ3v) is 10.3. The van der Waals surface area contributed by atoms with Crippen molar-refractivity contribution < 1.29 is 20.1 Å². The molecule has 0 bridgehead atoms. The van der Waals surface area contributed by atoms with Gasteiger partial charge in [0.15, 0.2) is 0 Å². The van der Waals surface area contributed by atoms with Crippen molar-refractivity contribution in [2.75, 3.05) is 0 Å². The third kappa shape index (κ3) is 3.05. The Morgan fingerprint density at radius 1 is 1.04 bits per heavy atom. The molecule has 4 aliphatic carbocycles. The molecule has 4 heteroatoms. The molecule has 4 nitrogen and oxygen atoms in total. The molecule has 6 unspecified atom stereocenters. The summed E-state index contributed by atoms with van der Waals surface area (Å²) in [7, 11) is 0. The molecule has 0 heterocycles. The first kappa shape index (κ1) is 20.7. The highest BCUT2D eigenvalue weighted by Gasteiger charge is 2.63. The number of fused-ring (bicyclic) bond motifs is 5. The van der Waals surface area contributed by atoms with Crippen molar-refractivity contribution in [3.63, 3.8) is 0 Å². The van der Waals surface area contributed by atoms with E-state index in [0.29, 0.717) is 35.5 Å². The first-order chi connectivity index (χ1) is 13.2. The van der Waals surface area contributed by atoms with E-state index in [4.69, 9.17) is 5.11 Å². The summed E-state index contributed by atoms with van der Waals surface area (Å²) in [6.45, 7) is 6.99. The van der Waals surface area contributed by atoms with Crippen LogP contribution in [0.3, 0.4) is 0 Å². The van der Waals surface area contributed by atoms with Crippen LogP contribution in [0.4, 0.5) is 0 Å². The fraction of sp³-hybridized carbons (Fsp3) is 0.958. The molecule has 0 aliphatic heterocycles. The highest BCUT2D eigenvalue weighted by atomic mass is 16.4. The van der Waals surface area contributed by atoms with E-state index in [1.807, 2.05) is 0 Å². The van der Waals surface area contributed by atoms with Crippen molar-refractivity contribution in [2.24, 2.45) is 46.3 Å². The van der Waals surface area contributed by atoms with Crippen LogP contribution >= 0.6 is 0 Å². The number of aliphatic carboxylic acids is 1. The number of rotatable bonds is 4. The van der Waals surface area contributed by atoms with Gasteiger partial charge in [0.05, 0.1) is 12.2 Å². The minimum Gasteiger partial charge on any atom is -0.481 e. The van der Waals surface area contributed by atoms with Gasteiger partial charge in [0, 0.05) is 6.42 Å². The van der Waals surface area contributed by atoms with Crippen molar-refractivity contribution in [1.29, 1.82) is 0 Å². The van der Waals surface area contributed by atoms with Crippen LogP contribution < -0.4 is 0 Å². The molecule has 0 spiro atoms. The Balaban J connectivity index is 1.56. The Morgan fingerprint density at radius 2 is 1.79 bits per heavy atom. The summed E-state index contributed by atoms with van der Waals surface area (Å²) in [6, 6.07) is 0. The van der Waals surface area contributed by atoms with E-state index in [1.165, 1.54) is 19.3 Å². The molecule has 4 aliphatic rings. The van der Waals surface area contributed by atoms with Gasteiger partial charge in [0.25, 0.3) is 0 Å². The summed E-state index contributed by atoms with van der Waals surface area (Å²) in [5.41, 5.74) is 0.216. The van der Waals surface area contributed by atoms with Gasteiger partial charge in [0.1, 0.15) is 0 Å². The normalized spacial score (nSPS) is 51.7. The lowest BCUT2D eigenvalue weighted by molar-refractivity contribution is -0.175. The molecule has 4 rings (SSSR count). The van der Waals surface area contributed by atoms with Gasteiger partial charge in [-0.25, -0.2) is 0 Å². The lowest BCUT2D eigenvalue weighted by Crippen LogP contribution is -2.58. The molecule has 0 saturated heterocycles. The predicted octanol–water partition coefficient (Wildman–Crippen LogP) is 4.48. The lowest BCUT2D eigenvalue weighted by atomic mass is 9.43. The molecule has 0 radical (unpaired) electrons. The van der Waals surface area contributed by atoms with Crippen LogP contribution in [0.15, 0.2) is 0 Å². The van der Waals surface area contributed by atoms with Gasteiger partial charge < -0.3 is 15.3 Å².